The highest BCUT2D eigenvalue weighted by atomic mass is 32.1. The number of thiazole rings is 1. The van der Waals surface area contributed by atoms with Crippen LogP contribution in [-0.4, -0.2) is 15.9 Å². The first kappa shape index (κ1) is 10.3. The zero-order valence-corrected chi connectivity index (χ0v) is 10.2. The van der Waals surface area contributed by atoms with Crippen LogP contribution in [0, 0.1) is 5.92 Å². The highest BCUT2D eigenvalue weighted by Crippen LogP contribution is 2.33. The molecule has 0 spiro atoms. The van der Waals surface area contributed by atoms with Crippen molar-refractivity contribution in [2.75, 3.05) is 6.54 Å². The molecule has 1 fully saturated rings. The Morgan fingerprint density at radius 3 is 3.25 bits per heavy atom. The summed E-state index contributed by atoms with van der Waals surface area (Å²) in [5.74, 6) is 1.06. The van der Waals surface area contributed by atoms with Gasteiger partial charge in [-0.3, -0.25) is 4.40 Å². The molecule has 0 bridgehead atoms. The molecule has 3 rings (SSSR count). The molecule has 86 valence electrons. The molecular weight excluding hydrogens is 218 g/mol. The Kier molecular flexibility index (Phi) is 2.93. The monoisotopic (exact) mass is 235 g/mol. The Balaban J connectivity index is 1.42. The number of nitrogens with zero attached hydrogens (tertiary/aromatic N) is 2. The number of fused-ring (bicyclic) bond motifs is 1. The Morgan fingerprint density at radius 2 is 2.44 bits per heavy atom. The van der Waals surface area contributed by atoms with Crippen LogP contribution in [-0.2, 0) is 6.54 Å². The van der Waals surface area contributed by atoms with E-state index < -0.39 is 0 Å². The summed E-state index contributed by atoms with van der Waals surface area (Å²) in [5.41, 5.74) is 1.15. The van der Waals surface area contributed by atoms with E-state index in [2.05, 4.69) is 32.5 Å². The lowest BCUT2D eigenvalue weighted by molar-refractivity contribution is 0.590. The van der Waals surface area contributed by atoms with Gasteiger partial charge in [-0.15, -0.1) is 11.3 Å². The molecule has 1 aliphatic rings. The second-order valence-corrected chi connectivity index (χ2v) is 5.46. The van der Waals surface area contributed by atoms with Gasteiger partial charge in [0.25, 0.3) is 0 Å². The fourth-order valence-electron chi connectivity index (χ4n) is 2.00. The van der Waals surface area contributed by atoms with E-state index in [1.54, 1.807) is 11.3 Å². The van der Waals surface area contributed by atoms with Crippen LogP contribution in [0.15, 0.2) is 17.8 Å². The van der Waals surface area contributed by atoms with E-state index >= 15 is 0 Å². The Bertz CT molecular complexity index is 427. The first-order chi connectivity index (χ1) is 7.92. The minimum Gasteiger partial charge on any atom is -0.311 e. The van der Waals surface area contributed by atoms with Crippen LogP contribution in [0.3, 0.4) is 0 Å². The van der Waals surface area contributed by atoms with Crippen LogP contribution in [0.2, 0.25) is 0 Å². The van der Waals surface area contributed by atoms with Crippen molar-refractivity contribution in [2.45, 2.75) is 32.2 Å². The maximum absolute atomic E-state index is 4.54. The average Bonchev–Trinajstić information content (AvgIpc) is 2.85. The minimum absolute atomic E-state index is 0.902. The Morgan fingerprint density at radius 1 is 1.50 bits per heavy atom. The topological polar surface area (TPSA) is 29.3 Å². The van der Waals surface area contributed by atoms with Gasteiger partial charge < -0.3 is 5.32 Å². The average molecular weight is 235 g/mol. The van der Waals surface area contributed by atoms with Gasteiger partial charge in [-0.1, -0.05) is 12.8 Å². The van der Waals surface area contributed by atoms with Crippen molar-refractivity contribution in [3.63, 3.8) is 0 Å². The maximum Gasteiger partial charge on any atom is 0.193 e. The third kappa shape index (κ3) is 2.44. The number of imidazole rings is 1. The van der Waals surface area contributed by atoms with Gasteiger partial charge >= 0.3 is 0 Å². The van der Waals surface area contributed by atoms with Gasteiger partial charge in [0, 0.05) is 24.3 Å². The third-order valence-corrected chi connectivity index (χ3v) is 3.88. The van der Waals surface area contributed by atoms with Crippen LogP contribution in [0.25, 0.3) is 4.96 Å². The van der Waals surface area contributed by atoms with Crippen LogP contribution >= 0.6 is 11.3 Å². The number of rotatable bonds is 6. The molecule has 0 amide bonds. The molecule has 4 heteroatoms. The molecule has 16 heavy (non-hydrogen) atoms. The van der Waals surface area contributed by atoms with Gasteiger partial charge in [0.05, 0.1) is 5.69 Å². The summed E-state index contributed by atoms with van der Waals surface area (Å²) in [7, 11) is 0. The largest absolute Gasteiger partial charge is 0.311 e. The number of nitrogens with one attached hydrogen (secondary N) is 1. The van der Waals surface area contributed by atoms with Crippen molar-refractivity contribution in [2.24, 2.45) is 5.92 Å². The molecule has 0 saturated heterocycles. The number of hydrogen-bond acceptors (Lipinski definition) is 3. The highest BCUT2D eigenvalue weighted by molar-refractivity contribution is 7.15. The summed E-state index contributed by atoms with van der Waals surface area (Å²) in [5, 5.41) is 5.53. The van der Waals surface area contributed by atoms with E-state index in [0.29, 0.717) is 0 Å². The van der Waals surface area contributed by atoms with E-state index in [4.69, 9.17) is 0 Å². The smallest absolute Gasteiger partial charge is 0.193 e. The van der Waals surface area contributed by atoms with Gasteiger partial charge in [-0.25, -0.2) is 4.98 Å². The fourth-order valence-corrected chi connectivity index (χ4v) is 2.72. The van der Waals surface area contributed by atoms with E-state index in [0.717, 1.165) is 29.7 Å². The predicted octanol–water partition coefficient (Wildman–Crippen LogP) is 2.68. The molecule has 0 aromatic carbocycles. The summed E-state index contributed by atoms with van der Waals surface area (Å²) in [6.45, 7) is 2.03. The van der Waals surface area contributed by atoms with Crippen molar-refractivity contribution < 1.29 is 0 Å². The Labute approximate surface area is 99.5 Å². The van der Waals surface area contributed by atoms with Crippen LogP contribution < -0.4 is 5.32 Å². The van der Waals surface area contributed by atoms with Crippen LogP contribution in [0.4, 0.5) is 0 Å². The molecule has 2 aromatic heterocycles. The van der Waals surface area contributed by atoms with Crippen molar-refractivity contribution in [3.05, 3.63) is 23.5 Å². The predicted molar refractivity (Wildman–Crippen MR) is 66.7 cm³/mol. The molecule has 2 heterocycles. The summed E-state index contributed by atoms with van der Waals surface area (Å²) in [6, 6.07) is 0. The molecule has 1 N–H and O–H groups in total. The lowest BCUT2D eigenvalue weighted by Crippen LogP contribution is -2.14. The lowest BCUT2D eigenvalue weighted by Gasteiger charge is -2.01. The normalized spacial score (nSPS) is 16.0. The standard InChI is InChI=1S/C12H17N3S/c1(2-10-3-4-10)5-13-8-11-9-15-6-7-16-12(15)14-11/h6-7,9-10,13H,1-5,8H2. The quantitative estimate of drug-likeness (QED) is 0.780. The molecule has 0 aliphatic heterocycles. The second kappa shape index (κ2) is 4.55. The van der Waals surface area contributed by atoms with E-state index in [9.17, 15) is 0 Å². The van der Waals surface area contributed by atoms with Crippen molar-refractivity contribution in [1.82, 2.24) is 14.7 Å². The minimum atomic E-state index is 0.902. The van der Waals surface area contributed by atoms with E-state index in [-0.39, 0.29) is 0 Å². The molecule has 1 aliphatic carbocycles. The molecule has 0 atom stereocenters. The molecule has 0 radical (unpaired) electrons. The SMILES string of the molecule is c1cn2cc(CNCCCC3CC3)nc2s1. The van der Waals surface area contributed by atoms with Crippen molar-refractivity contribution >= 4 is 16.3 Å². The molecule has 0 unspecified atom stereocenters. The van der Waals surface area contributed by atoms with Gasteiger partial charge in [-0.05, 0) is 25.3 Å². The molecular formula is C12H17N3S. The maximum atomic E-state index is 4.54. The van der Waals surface area contributed by atoms with Gasteiger partial charge in [0.1, 0.15) is 0 Å². The molecule has 1 saturated carbocycles. The zero-order chi connectivity index (χ0) is 10.8. The first-order valence-electron chi connectivity index (χ1n) is 6.03. The van der Waals surface area contributed by atoms with Gasteiger partial charge in [0.2, 0.25) is 0 Å². The summed E-state index contributed by atoms with van der Waals surface area (Å²) < 4.78 is 2.09. The van der Waals surface area contributed by atoms with Gasteiger partial charge in [-0.2, -0.15) is 0 Å². The second-order valence-electron chi connectivity index (χ2n) is 4.59. The van der Waals surface area contributed by atoms with Crippen molar-refractivity contribution in [3.8, 4) is 0 Å². The lowest BCUT2D eigenvalue weighted by atomic mass is 10.2. The fraction of sp³-hybridized carbons (Fsp3) is 0.583. The third-order valence-electron chi connectivity index (χ3n) is 3.11. The van der Waals surface area contributed by atoms with Crippen LogP contribution in [0.5, 0.6) is 0 Å². The molecule has 2 aromatic rings. The molecule has 3 nitrogen and oxygen atoms in total. The number of aromatic nitrogens is 2. The van der Waals surface area contributed by atoms with Crippen LogP contribution in [0.1, 0.15) is 31.4 Å². The number of hydrogen-bond donors (Lipinski definition) is 1. The van der Waals surface area contributed by atoms with E-state index in [1.807, 2.05) is 0 Å². The summed E-state index contributed by atoms with van der Waals surface area (Å²) in [6.07, 6.45) is 9.83. The van der Waals surface area contributed by atoms with Gasteiger partial charge in [0.15, 0.2) is 4.96 Å². The summed E-state index contributed by atoms with van der Waals surface area (Å²) in [4.78, 5) is 5.63. The first-order valence-corrected chi connectivity index (χ1v) is 6.91. The Hall–Kier alpha value is -0.870. The van der Waals surface area contributed by atoms with E-state index in [1.165, 1.54) is 25.7 Å². The highest BCUT2D eigenvalue weighted by Gasteiger charge is 2.19. The summed E-state index contributed by atoms with van der Waals surface area (Å²) >= 11 is 1.69. The van der Waals surface area contributed by atoms with Crippen molar-refractivity contribution in [1.29, 1.82) is 0 Å². The zero-order valence-electron chi connectivity index (χ0n) is 9.35.